The molecule has 1 aromatic carbocycles. The van der Waals surface area contributed by atoms with E-state index in [1.54, 1.807) is 0 Å². The summed E-state index contributed by atoms with van der Waals surface area (Å²) in [6.45, 7) is 9.70. The average Bonchev–Trinajstić information content (AvgIpc) is 3.13. The van der Waals surface area contributed by atoms with E-state index in [2.05, 4.69) is 45.9 Å². The van der Waals surface area contributed by atoms with Gasteiger partial charge in [-0.05, 0) is 18.9 Å². The van der Waals surface area contributed by atoms with E-state index >= 15 is 0 Å². The second-order valence-electron chi connectivity index (χ2n) is 7.63. The van der Waals surface area contributed by atoms with Gasteiger partial charge in [-0.3, -0.25) is 14.6 Å². The highest BCUT2D eigenvalue weighted by atomic mass is 16.5. The summed E-state index contributed by atoms with van der Waals surface area (Å²) in [4.78, 5) is 19.7. The van der Waals surface area contributed by atoms with Crippen LogP contribution in [0.1, 0.15) is 24.0 Å². The molecule has 3 aliphatic heterocycles. The SMILES string of the molecule is Cc1cccc(CN2CC[C@H]3[C@H]2CC(=O)N3CCN2CCOCC2)c1. The number of ether oxygens (including phenoxy) is 1. The molecule has 0 radical (unpaired) electrons. The Morgan fingerprint density at radius 3 is 2.76 bits per heavy atom. The van der Waals surface area contributed by atoms with Crippen LogP contribution in [0.4, 0.5) is 0 Å². The van der Waals surface area contributed by atoms with Crippen LogP contribution in [0.3, 0.4) is 0 Å². The molecule has 3 fully saturated rings. The highest BCUT2D eigenvalue weighted by Gasteiger charge is 2.46. The van der Waals surface area contributed by atoms with Crippen LogP contribution in [0, 0.1) is 6.92 Å². The molecule has 0 spiro atoms. The molecule has 0 aliphatic carbocycles. The molecular formula is C20H29N3O2. The van der Waals surface area contributed by atoms with Gasteiger partial charge in [0.1, 0.15) is 0 Å². The van der Waals surface area contributed by atoms with Crippen LogP contribution >= 0.6 is 0 Å². The first-order valence-electron chi connectivity index (χ1n) is 9.60. The van der Waals surface area contributed by atoms with E-state index in [1.807, 2.05) is 0 Å². The third-order valence-corrected chi connectivity index (χ3v) is 5.96. The number of hydrogen-bond donors (Lipinski definition) is 0. The van der Waals surface area contributed by atoms with Crippen LogP contribution < -0.4 is 0 Å². The van der Waals surface area contributed by atoms with Crippen LogP contribution in [0.2, 0.25) is 0 Å². The van der Waals surface area contributed by atoms with Gasteiger partial charge in [0.15, 0.2) is 0 Å². The molecule has 3 heterocycles. The van der Waals surface area contributed by atoms with Crippen molar-refractivity contribution in [3.8, 4) is 0 Å². The molecule has 0 aromatic heterocycles. The third kappa shape index (κ3) is 3.73. The van der Waals surface area contributed by atoms with Gasteiger partial charge >= 0.3 is 0 Å². The number of amides is 1. The Kier molecular flexibility index (Phi) is 5.06. The Labute approximate surface area is 150 Å². The smallest absolute Gasteiger partial charge is 0.224 e. The Morgan fingerprint density at radius 1 is 1.12 bits per heavy atom. The van der Waals surface area contributed by atoms with Crippen molar-refractivity contribution in [2.75, 3.05) is 45.9 Å². The van der Waals surface area contributed by atoms with Gasteiger partial charge < -0.3 is 9.64 Å². The molecule has 1 amide bonds. The summed E-state index contributed by atoms with van der Waals surface area (Å²) >= 11 is 0. The van der Waals surface area contributed by atoms with Gasteiger partial charge in [-0.25, -0.2) is 0 Å². The summed E-state index contributed by atoms with van der Waals surface area (Å²) < 4.78 is 5.41. The van der Waals surface area contributed by atoms with Crippen molar-refractivity contribution in [2.24, 2.45) is 0 Å². The van der Waals surface area contributed by atoms with Crippen molar-refractivity contribution in [3.05, 3.63) is 35.4 Å². The lowest BCUT2D eigenvalue weighted by Crippen LogP contribution is -2.44. The van der Waals surface area contributed by atoms with E-state index < -0.39 is 0 Å². The van der Waals surface area contributed by atoms with Crippen LogP contribution in [-0.2, 0) is 16.1 Å². The van der Waals surface area contributed by atoms with Crippen molar-refractivity contribution < 1.29 is 9.53 Å². The van der Waals surface area contributed by atoms with E-state index in [9.17, 15) is 4.79 Å². The molecule has 5 nitrogen and oxygen atoms in total. The molecule has 1 aromatic rings. The maximum absolute atomic E-state index is 12.6. The van der Waals surface area contributed by atoms with Gasteiger partial charge in [0, 0.05) is 57.8 Å². The zero-order valence-electron chi connectivity index (χ0n) is 15.2. The lowest BCUT2D eigenvalue weighted by molar-refractivity contribution is -0.129. The Bertz CT molecular complexity index is 615. The predicted molar refractivity (Wildman–Crippen MR) is 97.4 cm³/mol. The first kappa shape index (κ1) is 17.0. The van der Waals surface area contributed by atoms with Crippen molar-refractivity contribution in [2.45, 2.75) is 38.4 Å². The molecule has 0 saturated carbocycles. The fourth-order valence-electron chi connectivity index (χ4n) is 4.62. The topological polar surface area (TPSA) is 36.0 Å². The minimum atomic E-state index is 0.345. The van der Waals surface area contributed by atoms with E-state index in [-0.39, 0.29) is 0 Å². The van der Waals surface area contributed by atoms with Crippen molar-refractivity contribution in [1.29, 1.82) is 0 Å². The number of benzene rings is 1. The van der Waals surface area contributed by atoms with Crippen molar-refractivity contribution in [1.82, 2.24) is 14.7 Å². The van der Waals surface area contributed by atoms with Crippen molar-refractivity contribution >= 4 is 5.91 Å². The van der Waals surface area contributed by atoms with Crippen LogP contribution in [0.5, 0.6) is 0 Å². The van der Waals surface area contributed by atoms with Crippen molar-refractivity contribution in [3.63, 3.8) is 0 Å². The monoisotopic (exact) mass is 343 g/mol. The zero-order chi connectivity index (χ0) is 17.2. The third-order valence-electron chi connectivity index (χ3n) is 5.96. The van der Waals surface area contributed by atoms with Crippen LogP contribution in [0.25, 0.3) is 0 Å². The minimum absolute atomic E-state index is 0.345. The summed E-state index contributed by atoms with van der Waals surface area (Å²) in [5, 5.41) is 0. The molecule has 25 heavy (non-hydrogen) atoms. The summed E-state index contributed by atoms with van der Waals surface area (Å²) in [5.41, 5.74) is 2.67. The quantitative estimate of drug-likeness (QED) is 0.812. The number of rotatable bonds is 5. The molecule has 2 atom stereocenters. The summed E-state index contributed by atoms with van der Waals surface area (Å²) in [6, 6.07) is 9.55. The average molecular weight is 343 g/mol. The van der Waals surface area contributed by atoms with E-state index in [0.717, 1.165) is 58.9 Å². The number of likely N-dealkylation sites (tertiary alicyclic amines) is 2. The Morgan fingerprint density at radius 2 is 1.96 bits per heavy atom. The van der Waals surface area contributed by atoms with E-state index in [0.29, 0.717) is 24.4 Å². The van der Waals surface area contributed by atoms with Gasteiger partial charge in [0.25, 0.3) is 0 Å². The largest absolute Gasteiger partial charge is 0.379 e. The van der Waals surface area contributed by atoms with Gasteiger partial charge in [-0.1, -0.05) is 29.8 Å². The summed E-state index contributed by atoms with van der Waals surface area (Å²) in [5.74, 6) is 0.345. The normalized spacial score (nSPS) is 27.9. The molecule has 3 aliphatic rings. The standard InChI is InChI=1S/C20H29N3O2/c1-16-3-2-4-17(13-16)15-22-6-5-18-19(22)14-20(24)23(18)8-7-21-9-11-25-12-10-21/h2-4,13,18-19H,5-12,14-15H2,1H3/t18-,19+/m0/s1. The molecule has 5 heteroatoms. The lowest BCUT2D eigenvalue weighted by atomic mass is 10.1. The number of morpholine rings is 1. The fourth-order valence-corrected chi connectivity index (χ4v) is 4.62. The lowest BCUT2D eigenvalue weighted by Gasteiger charge is -2.30. The maximum Gasteiger partial charge on any atom is 0.224 e. The van der Waals surface area contributed by atoms with Gasteiger partial charge in [0.2, 0.25) is 5.91 Å². The molecular weight excluding hydrogens is 314 g/mol. The first-order valence-corrected chi connectivity index (χ1v) is 9.60. The molecule has 0 N–H and O–H groups in total. The Hall–Kier alpha value is -1.43. The number of nitrogens with zero attached hydrogens (tertiary/aromatic N) is 3. The predicted octanol–water partition coefficient (Wildman–Crippen LogP) is 1.50. The highest BCUT2D eigenvalue weighted by molar-refractivity contribution is 5.80. The maximum atomic E-state index is 12.6. The molecule has 136 valence electrons. The molecule has 0 unspecified atom stereocenters. The summed E-state index contributed by atoms with van der Waals surface area (Å²) in [6.07, 6.45) is 1.81. The minimum Gasteiger partial charge on any atom is -0.379 e. The first-order chi connectivity index (χ1) is 12.2. The summed E-state index contributed by atoms with van der Waals surface area (Å²) in [7, 11) is 0. The number of carbonyl (C=O) groups excluding carboxylic acids is 1. The number of fused-ring (bicyclic) bond motifs is 1. The number of carbonyl (C=O) groups is 1. The molecule has 4 rings (SSSR count). The second kappa shape index (κ2) is 7.44. The van der Waals surface area contributed by atoms with Crippen LogP contribution in [0.15, 0.2) is 24.3 Å². The van der Waals surface area contributed by atoms with Gasteiger partial charge in [-0.15, -0.1) is 0 Å². The van der Waals surface area contributed by atoms with Gasteiger partial charge in [-0.2, -0.15) is 0 Å². The Balaban J connectivity index is 1.35. The highest BCUT2D eigenvalue weighted by Crippen LogP contribution is 2.33. The van der Waals surface area contributed by atoms with E-state index in [4.69, 9.17) is 4.74 Å². The van der Waals surface area contributed by atoms with Crippen LogP contribution in [-0.4, -0.2) is 78.6 Å². The zero-order valence-corrected chi connectivity index (χ0v) is 15.2. The molecule has 0 bridgehead atoms. The number of aryl methyl sites for hydroxylation is 1. The van der Waals surface area contributed by atoms with Gasteiger partial charge in [0.05, 0.1) is 13.2 Å². The molecule has 3 saturated heterocycles. The number of hydrogen-bond acceptors (Lipinski definition) is 4. The fraction of sp³-hybridized carbons (Fsp3) is 0.650. The second-order valence-corrected chi connectivity index (χ2v) is 7.63. The van der Waals surface area contributed by atoms with E-state index in [1.165, 1.54) is 11.1 Å².